The van der Waals surface area contributed by atoms with Gasteiger partial charge in [-0.1, -0.05) is 0 Å². The zero-order chi connectivity index (χ0) is 16.5. The van der Waals surface area contributed by atoms with Gasteiger partial charge in [-0.3, -0.25) is 4.79 Å². The van der Waals surface area contributed by atoms with Crippen LogP contribution in [0.4, 0.5) is 4.79 Å². The third-order valence-corrected chi connectivity index (χ3v) is 3.96. The van der Waals surface area contributed by atoms with E-state index in [0.717, 1.165) is 12.8 Å². The molecule has 0 radical (unpaired) electrons. The zero-order valence-electron chi connectivity index (χ0n) is 13.5. The fourth-order valence-electron chi connectivity index (χ4n) is 2.82. The van der Waals surface area contributed by atoms with E-state index in [-0.39, 0.29) is 11.9 Å². The quantitative estimate of drug-likeness (QED) is 0.756. The minimum atomic E-state index is -0.913. The van der Waals surface area contributed by atoms with Gasteiger partial charge in [0, 0.05) is 6.54 Å². The number of nitrogens with zero attached hydrogens (tertiary/aromatic N) is 1. The first-order valence-corrected chi connectivity index (χ1v) is 7.76. The lowest BCUT2D eigenvalue weighted by atomic mass is 10.00. The molecule has 0 aromatic carbocycles. The molecule has 0 aromatic heterocycles. The van der Waals surface area contributed by atoms with Crippen LogP contribution in [0.2, 0.25) is 0 Å². The van der Waals surface area contributed by atoms with E-state index in [9.17, 15) is 14.4 Å². The first kappa shape index (κ1) is 16.6. The minimum absolute atomic E-state index is 0.221. The number of rotatable bonds is 3. The zero-order valence-corrected chi connectivity index (χ0v) is 13.5. The number of carbonyl (C=O) groups excluding carboxylic acids is 3. The van der Waals surface area contributed by atoms with Crippen LogP contribution < -0.4 is 11.1 Å². The number of nitrogens with two attached hydrogens (primary N) is 1. The van der Waals surface area contributed by atoms with E-state index in [1.807, 2.05) is 0 Å². The van der Waals surface area contributed by atoms with Gasteiger partial charge in [-0.25, -0.2) is 9.59 Å². The maximum atomic E-state index is 12.7. The van der Waals surface area contributed by atoms with Crippen LogP contribution in [-0.4, -0.2) is 46.5 Å². The molecule has 22 heavy (non-hydrogen) atoms. The molecule has 1 aliphatic heterocycles. The van der Waals surface area contributed by atoms with E-state index in [1.54, 1.807) is 25.7 Å². The maximum Gasteiger partial charge on any atom is 0.329 e. The highest BCUT2D eigenvalue weighted by Gasteiger charge is 2.54. The third-order valence-electron chi connectivity index (χ3n) is 3.96. The Morgan fingerprint density at radius 1 is 1.23 bits per heavy atom. The molecule has 2 rings (SSSR count). The van der Waals surface area contributed by atoms with Crippen LogP contribution in [0.15, 0.2) is 0 Å². The van der Waals surface area contributed by atoms with Crippen molar-refractivity contribution in [3.8, 4) is 0 Å². The summed E-state index contributed by atoms with van der Waals surface area (Å²) in [6, 6.07) is -1.29. The van der Waals surface area contributed by atoms with Crippen molar-refractivity contribution in [1.29, 1.82) is 0 Å². The molecule has 7 nitrogen and oxygen atoms in total. The maximum absolute atomic E-state index is 12.7. The SMILES string of the molecule is CC(C)(C)OC(=O)C1CCCCN1C(=O)C1(NC(N)=O)CC1. The van der Waals surface area contributed by atoms with Gasteiger partial charge in [0.15, 0.2) is 0 Å². The van der Waals surface area contributed by atoms with Crippen molar-refractivity contribution in [1.82, 2.24) is 10.2 Å². The summed E-state index contributed by atoms with van der Waals surface area (Å²) in [4.78, 5) is 37.8. The van der Waals surface area contributed by atoms with Crippen LogP contribution in [0, 0.1) is 0 Å². The lowest BCUT2D eigenvalue weighted by Gasteiger charge is -2.37. The van der Waals surface area contributed by atoms with Gasteiger partial charge in [0.05, 0.1) is 0 Å². The van der Waals surface area contributed by atoms with Crippen LogP contribution in [0.1, 0.15) is 52.9 Å². The van der Waals surface area contributed by atoms with E-state index < -0.39 is 23.2 Å². The molecule has 0 spiro atoms. The topological polar surface area (TPSA) is 102 Å². The number of primary amides is 1. The highest BCUT2D eigenvalue weighted by Crippen LogP contribution is 2.38. The van der Waals surface area contributed by atoms with Gasteiger partial charge < -0.3 is 20.7 Å². The molecular formula is C15H25N3O4. The van der Waals surface area contributed by atoms with Gasteiger partial charge in [-0.05, 0) is 52.9 Å². The summed E-state index contributed by atoms with van der Waals surface area (Å²) >= 11 is 0. The van der Waals surface area contributed by atoms with Crippen molar-refractivity contribution < 1.29 is 19.1 Å². The molecule has 1 atom stereocenters. The lowest BCUT2D eigenvalue weighted by molar-refractivity contribution is -0.167. The summed E-state index contributed by atoms with van der Waals surface area (Å²) in [6.07, 6.45) is 3.44. The van der Waals surface area contributed by atoms with Gasteiger partial charge >= 0.3 is 12.0 Å². The molecule has 0 bridgehead atoms. The Morgan fingerprint density at radius 2 is 1.86 bits per heavy atom. The second-order valence-corrected chi connectivity index (χ2v) is 7.11. The monoisotopic (exact) mass is 311 g/mol. The molecule has 1 aliphatic carbocycles. The van der Waals surface area contributed by atoms with Crippen molar-refractivity contribution in [2.24, 2.45) is 5.73 Å². The summed E-state index contributed by atoms with van der Waals surface area (Å²) in [5.41, 5.74) is 3.65. The van der Waals surface area contributed by atoms with Crippen molar-refractivity contribution in [3.05, 3.63) is 0 Å². The molecule has 2 aliphatic rings. The molecule has 1 saturated heterocycles. The molecule has 0 aromatic rings. The molecule has 1 heterocycles. The number of urea groups is 1. The number of carbonyl (C=O) groups is 3. The number of nitrogens with one attached hydrogen (secondary N) is 1. The number of likely N-dealkylation sites (tertiary alicyclic amines) is 1. The van der Waals surface area contributed by atoms with Gasteiger partial charge in [0.2, 0.25) is 5.91 Å². The van der Waals surface area contributed by atoms with Crippen molar-refractivity contribution in [2.75, 3.05) is 6.54 Å². The van der Waals surface area contributed by atoms with Crippen LogP contribution in [-0.2, 0) is 14.3 Å². The third kappa shape index (κ3) is 3.69. The summed E-state index contributed by atoms with van der Waals surface area (Å²) in [5.74, 6) is -0.600. The molecule has 1 unspecified atom stereocenters. The average Bonchev–Trinajstić information content (AvgIpc) is 3.16. The highest BCUT2D eigenvalue weighted by molar-refractivity contribution is 5.96. The van der Waals surface area contributed by atoms with Crippen LogP contribution in [0.25, 0.3) is 0 Å². The molecule has 7 heteroatoms. The largest absolute Gasteiger partial charge is 0.458 e. The summed E-state index contributed by atoms with van der Waals surface area (Å²) in [7, 11) is 0. The van der Waals surface area contributed by atoms with Crippen molar-refractivity contribution in [2.45, 2.75) is 70.1 Å². The summed E-state index contributed by atoms with van der Waals surface area (Å²) in [6.45, 7) is 5.91. The minimum Gasteiger partial charge on any atom is -0.458 e. The molecule has 3 amide bonds. The predicted octanol–water partition coefficient (Wildman–Crippen LogP) is 0.910. The molecule has 124 valence electrons. The smallest absolute Gasteiger partial charge is 0.329 e. The fraction of sp³-hybridized carbons (Fsp3) is 0.800. The van der Waals surface area contributed by atoms with Gasteiger partial charge in [-0.2, -0.15) is 0 Å². The van der Waals surface area contributed by atoms with E-state index in [0.29, 0.717) is 25.8 Å². The Morgan fingerprint density at radius 3 is 2.36 bits per heavy atom. The average molecular weight is 311 g/mol. The molecule has 2 fully saturated rings. The number of piperidine rings is 1. The Labute approximate surface area is 130 Å². The fourth-order valence-corrected chi connectivity index (χ4v) is 2.82. The number of amides is 3. The molecule has 1 saturated carbocycles. The second-order valence-electron chi connectivity index (χ2n) is 7.11. The first-order chi connectivity index (χ1) is 10.1. The Balaban J connectivity index is 2.11. The highest BCUT2D eigenvalue weighted by atomic mass is 16.6. The van der Waals surface area contributed by atoms with E-state index >= 15 is 0 Å². The molecular weight excluding hydrogens is 286 g/mol. The Hall–Kier alpha value is -1.79. The lowest BCUT2D eigenvalue weighted by Crippen LogP contribution is -2.58. The number of esters is 1. The van der Waals surface area contributed by atoms with Crippen LogP contribution >= 0.6 is 0 Å². The number of ether oxygens (including phenoxy) is 1. The van der Waals surface area contributed by atoms with E-state index in [4.69, 9.17) is 10.5 Å². The summed E-state index contributed by atoms with van der Waals surface area (Å²) < 4.78 is 5.43. The molecule has 3 N–H and O–H groups in total. The van der Waals surface area contributed by atoms with Gasteiger partial charge in [0.25, 0.3) is 0 Å². The Bertz CT molecular complexity index is 480. The first-order valence-electron chi connectivity index (χ1n) is 7.76. The standard InChI is InChI=1S/C15H25N3O4/c1-14(2,3)22-11(19)10-6-4-5-9-18(10)12(20)15(7-8-15)17-13(16)21/h10H,4-9H2,1-3H3,(H3,16,17,21). The van der Waals surface area contributed by atoms with Gasteiger partial charge in [0.1, 0.15) is 17.2 Å². The number of hydrogen-bond acceptors (Lipinski definition) is 4. The van der Waals surface area contributed by atoms with Crippen LogP contribution in [0.5, 0.6) is 0 Å². The number of hydrogen-bond donors (Lipinski definition) is 2. The van der Waals surface area contributed by atoms with Gasteiger partial charge in [-0.15, -0.1) is 0 Å². The van der Waals surface area contributed by atoms with Crippen LogP contribution in [0.3, 0.4) is 0 Å². The van der Waals surface area contributed by atoms with Crippen molar-refractivity contribution in [3.63, 3.8) is 0 Å². The second kappa shape index (κ2) is 5.78. The van der Waals surface area contributed by atoms with E-state index in [2.05, 4.69) is 5.32 Å². The summed E-state index contributed by atoms with van der Waals surface area (Å²) in [5, 5.41) is 2.53. The predicted molar refractivity (Wildman–Crippen MR) is 79.9 cm³/mol. The van der Waals surface area contributed by atoms with Crippen molar-refractivity contribution >= 4 is 17.9 Å². The van der Waals surface area contributed by atoms with E-state index in [1.165, 1.54) is 0 Å². The Kier molecular flexibility index (Phi) is 4.35. The normalized spacial score (nSPS) is 23.6.